The Labute approximate surface area is 247 Å². The number of hydrogen-bond donors (Lipinski definition) is 0. The summed E-state index contributed by atoms with van der Waals surface area (Å²) in [5, 5.41) is 11.3. The number of allylic oxidation sites excluding steroid dienone is 1. The van der Waals surface area contributed by atoms with Crippen molar-refractivity contribution in [2.75, 3.05) is 20.8 Å². The number of rotatable bonds is 8. The van der Waals surface area contributed by atoms with Crippen LogP contribution in [0.15, 0.2) is 74.0 Å². The van der Waals surface area contributed by atoms with E-state index in [0.717, 1.165) is 11.3 Å². The van der Waals surface area contributed by atoms with Gasteiger partial charge in [-0.05, 0) is 55.8 Å². The number of nitro groups is 1. The number of nitro benzene ring substituents is 1. The Morgan fingerprint density at radius 3 is 2.62 bits per heavy atom. The van der Waals surface area contributed by atoms with E-state index >= 15 is 0 Å². The molecule has 5 rings (SSSR count). The Bertz CT molecular complexity index is 1940. The number of benzene rings is 2. The standard InChI is InChI=1S/C29H24ClN3O8S/c1-5-40-28(35)25-15(2)31-29-32(26(25)17-7-10-22(38-3)23(13-17)39-4)27(34)24(42-29)14-18-8-11-21(41-18)16-6-9-19(30)20(12-16)33(36)37/h6-14,26H,5H2,1-4H3/b24-14+/t26-/m0/s1. The first kappa shape index (κ1) is 28.8. The van der Waals surface area contributed by atoms with Gasteiger partial charge in [0.1, 0.15) is 16.5 Å². The monoisotopic (exact) mass is 609 g/mol. The van der Waals surface area contributed by atoms with Crippen molar-refractivity contribution in [3.63, 3.8) is 0 Å². The van der Waals surface area contributed by atoms with Gasteiger partial charge >= 0.3 is 5.97 Å². The predicted molar refractivity (Wildman–Crippen MR) is 156 cm³/mol. The zero-order chi connectivity index (χ0) is 30.1. The van der Waals surface area contributed by atoms with Crippen molar-refractivity contribution in [3.05, 3.63) is 106 Å². The fraction of sp³-hybridized carbons (Fsp3) is 0.207. The maximum atomic E-state index is 13.9. The molecule has 0 aliphatic carbocycles. The van der Waals surface area contributed by atoms with Gasteiger partial charge in [0, 0.05) is 17.7 Å². The van der Waals surface area contributed by atoms with Crippen LogP contribution in [0.4, 0.5) is 5.69 Å². The number of esters is 1. The molecular weight excluding hydrogens is 586 g/mol. The first-order valence-electron chi connectivity index (χ1n) is 12.6. The average Bonchev–Trinajstić information content (AvgIpc) is 3.56. The van der Waals surface area contributed by atoms with Crippen molar-refractivity contribution in [3.8, 4) is 22.8 Å². The summed E-state index contributed by atoms with van der Waals surface area (Å²) >= 11 is 7.07. The van der Waals surface area contributed by atoms with Gasteiger partial charge in [-0.15, -0.1) is 0 Å². The van der Waals surface area contributed by atoms with Gasteiger partial charge in [0.25, 0.3) is 11.2 Å². The van der Waals surface area contributed by atoms with E-state index in [-0.39, 0.29) is 22.9 Å². The molecule has 13 heteroatoms. The first-order valence-corrected chi connectivity index (χ1v) is 13.8. The lowest BCUT2D eigenvalue weighted by Gasteiger charge is -2.25. The van der Waals surface area contributed by atoms with E-state index in [1.807, 2.05) is 0 Å². The molecule has 1 aliphatic heterocycles. The third-order valence-electron chi connectivity index (χ3n) is 6.57. The van der Waals surface area contributed by atoms with E-state index in [1.54, 1.807) is 56.3 Å². The molecule has 0 bridgehead atoms. The molecule has 0 saturated heterocycles. The van der Waals surface area contributed by atoms with Crippen molar-refractivity contribution >= 4 is 40.7 Å². The molecule has 0 N–H and O–H groups in total. The molecule has 0 spiro atoms. The van der Waals surface area contributed by atoms with Crippen molar-refractivity contribution in [1.29, 1.82) is 0 Å². The smallest absolute Gasteiger partial charge is 0.338 e. The van der Waals surface area contributed by atoms with Gasteiger partial charge in [-0.25, -0.2) is 9.79 Å². The van der Waals surface area contributed by atoms with Crippen LogP contribution in [0.5, 0.6) is 11.5 Å². The second-order valence-electron chi connectivity index (χ2n) is 9.04. The normalized spacial score (nSPS) is 14.8. The summed E-state index contributed by atoms with van der Waals surface area (Å²) in [6, 6.07) is 12.0. The van der Waals surface area contributed by atoms with E-state index in [9.17, 15) is 19.7 Å². The van der Waals surface area contributed by atoms with Crippen LogP contribution in [0.3, 0.4) is 0 Å². The summed E-state index contributed by atoms with van der Waals surface area (Å²) in [4.78, 5) is 42.7. The van der Waals surface area contributed by atoms with Gasteiger partial charge in [-0.2, -0.15) is 0 Å². The summed E-state index contributed by atoms with van der Waals surface area (Å²) < 4.78 is 23.8. The minimum Gasteiger partial charge on any atom is -0.493 e. The average molecular weight is 610 g/mol. The quantitative estimate of drug-likeness (QED) is 0.160. The van der Waals surface area contributed by atoms with E-state index in [0.29, 0.717) is 49.2 Å². The number of hydrogen-bond acceptors (Lipinski definition) is 10. The second-order valence-corrected chi connectivity index (χ2v) is 10.5. The highest BCUT2D eigenvalue weighted by atomic mass is 35.5. The lowest BCUT2D eigenvalue weighted by Crippen LogP contribution is -2.39. The van der Waals surface area contributed by atoms with Crippen LogP contribution in [-0.4, -0.2) is 36.3 Å². The van der Waals surface area contributed by atoms with Gasteiger partial charge in [-0.3, -0.25) is 19.5 Å². The molecular formula is C29H24ClN3O8S. The van der Waals surface area contributed by atoms with Crippen LogP contribution in [-0.2, 0) is 9.53 Å². The third kappa shape index (κ3) is 5.21. The van der Waals surface area contributed by atoms with E-state index in [1.165, 1.54) is 30.9 Å². The van der Waals surface area contributed by atoms with Crippen molar-refractivity contribution in [1.82, 2.24) is 4.57 Å². The Morgan fingerprint density at radius 1 is 1.17 bits per heavy atom. The Hall–Kier alpha value is -4.68. The fourth-order valence-electron chi connectivity index (χ4n) is 4.65. The van der Waals surface area contributed by atoms with Crippen molar-refractivity contribution in [2.24, 2.45) is 4.99 Å². The first-order chi connectivity index (χ1) is 20.2. The highest BCUT2D eigenvalue weighted by molar-refractivity contribution is 7.07. The minimum atomic E-state index is -0.843. The molecule has 2 aromatic carbocycles. The molecule has 0 unspecified atom stereocenters. The largest absolute Gasteiger partial charge is 0.493 e. The number of nitrogens with zero attached hydrogens (tertiary/aromatic N) is 3. The van der Waals surface area contributed by atoms with E-state index < -0.39 is 22.5 Å². The zero-order valence-corrected chi connectivity index (χ0v) is 24.4. The van der Waals surface area contributed by atoms with Gasteiger partial charge in [0.2, 0.25) is 0 Å². The Morgan fingerprint density at radius 2 is 1.93 bits per heavy atom. The molecule has 3 heterocycles. The second kappa shape index (κ2) is 11.7. The predicted octanol–water partition coefficient (Wildman–Crippen LogP) is 4.64. The fourth-order valence-corrected chi connectivity index (χ4v) is 5.86. The topological polar surface area (TPSA) is 135 Å². The number of furan rings is 1. The van der Waals surface area contributed by atoms with Gasteiger partial charge < -0.3 is 18.6 Å². The Balaban J connectivity index is 1.63. The molecule has 216 valence electrons. The highest BCUT2D eigenvalue weighted by Gasteiger charge is 2.34. The van der Waals surface area contributed by atoms with E-state index in [4.69, 9.17) is 30.2 Å². The molecule has 0 fully saturated rings. The van der Waals surface area contributed by atoms with Crippen molar-refractivity contribution < 1.29 is 28.3 Å². The molecule has 4 aromatic rings. The number of thiazole rings is 1. The van der Waals surface area contributed by atoms with Gasteiger partial charge in [0.15, 0.2) is 16.3 Å². The van der Waals surface area contributed by atoms with Crippen LogP contribution in [0, 0.1) is 10.1 Å². The van der Waals surface area contributed by atoms with Crippen LogP contribution < -0.4 is 24.4 Å². The maximum absolute atomic E-state index is 13.9. The molecule has 2 aromatic heterocycles. The SMILES string of the molecule is CCOC(=O)C1=C(C)N=c2s/c(=C/c3ccc(-c4ccc(Cl)c([N+](=O)[O-])c4)o3)c(=O)n2[C@H]1c1ccc(OC)c(OC)c1. The summed E-state index contributed by atoms with van der Waals surface area (Å²) in [6.45, 7) is 3.55. The molecule has 0 amide bonds. The maximum Gasteiger partial charge on any atom is 0.338 e. The molecule has 42 heavy (non-hydrogen) atoms. The van der Waals surface area contributed by atoms with Crippen LogP contribution >= 0.6 is 22.9 Å². The number of fused-ring (bicyclic) bond motifs is 1. The summed E-state index contributed by atoms with van der Waals surface area (Å²) in [7, 11) is 3.02. The molecule has 0 saturated carbocycles. The summed E-state index contributed by atoms with van der Waals surface area (Å²) in [5.41, 5.74) is 1.06. The Kier molecular flexibility index (Phi) is 8.01. The number of carbonyl (C=O) groups excluding carboxylic acids is 1. The molecule has 0 radical (unpaired) electrons. The van der Waals surface area contributed by atoms with Crippen LogP contribution in [0.25, 0.3) is 17.4 Å². The van der Waals surface area contributed by atoms with Gasteiger partial charge in [-0.1, -0.05) is 29.0 Å². The third-order valence-corrected chi connectivity index (χ3v) is 7.87. The van der Waals surface area contributed by atoms with Crippen LogP contribution in [0.2, 0.25) is 5.02 Å². The molecule has 1 aliphatic rings. The number of halogens is 1. The number of ether oxygens (including phenoxy) is 3. The zero-order valence-electron chi connectivity index (χ0n) is 22.9. The summed E-state index contributed by atoms with van der Waals surface area (Å²) in [5.74, 6) is 1.04. The molecule has 1 atom stereocenters. The minimum absolute atomic E-state index is 0.0122. The lowest BCUT2D eigenvalue weighted by atomic mass is 9.95. The van der Waals surface area contributed by atoms with Gasteiger partial charge in [0.05, 0.1) is 47.6 Å². The number of methoxy groups -OCH3 is 2. The van der Waals surface area contributed by atoms with Crippen molar-refractivity contribution in [2.45, 2.75) is 19.9 Å². The van der Waals surface area contributed by atoms with E-state index in [2.05, 4.69) is 4.99 Å². The lowest BCUT2D eigenvalue weighted by molar-refractivity contribution is -0.384. The summed E-state index contributed by atoms with van der Waals surface area (Å²) in [6.07, 6.45) is 1.56. The molecule has 11 nitrogen and oxygen atoms in total. The highest BCUT2D eigenvalue weighted by Crippen LogP contribution is 2.36. The van der Waals surface area contributed by atoms with Crippen LogP contribution in [0.1, 0.15) is 31.2 Å². The number of aromatic nitrogens is 1. The number of carbonyl (C=O) groups is 1.